The lowest BCUT2D eigenvalue weighted by Gasteiger charge is -2.39. The number of hydrogen-bond acceptors (Lipinski definition) is 5. The molecule has 7 atom stereocenters. The summed E-state index contributed by atoms with van der Waals surface area (Å²) in [4.78, 5) is 0. The SMILES string of the molecule is CC[C@H](O[C@@H]1C[C@H]2[C@H]3CC[C@@](C)([C@H]2O1)C3(C)C)C(O)CCCC1(C)OCCO1. The molecule has 0 aromatic rings. The first-order valence-electron chi connectivity index (χ1n) is 11.5. The molecule has 0 radical (unpaired) electrons. The zero-order valence-corrected chi connectivity index (χ0v) is 18.4. The van der Waals surface area contributed by atoms with Crippen molar-refractivity contribution in [3.05, 3.63) is 0 Å². The Balaban J connectivity index is 1.28. The summed E-state index contributed by atoms with van der Waals surface area (Å²) in [6.45, 7) is 12.7. The minimum atomic E-state index is -0.476. The van der Waals surface area contributed by atoms with Gasteiger partial charge in [-0.2, -0.15) is 0 Å². The van der Waals surface area contributed by atoms with Gasteiger partial charge in [-0.05, 0) is 61.7 Å². The molecule has 5 nitrogen and oxygen atoms in total. The van der Waals surface area contributed by atoms with E-state index in [-0.39, 0.29) is 17.8 Å². The summed E-state index contributed by atoms with van der Waals surface area (Å²) in [7, 11) is 0. The van der Waals surface area contributed by atoms with Gasteiger partial charge in [0, 0.05) is 12.8 Å². The van der Waals surface area contributed by atoms with Gasteiger partial charge >= 0.3 is 0 Å². The fourth-order valence-corrected chi connectivity index (χ4v) is 6.74. The highest BCUT2D eigenvalue weighted by Crippen LogP contribution is 2.71. The topological polar surface area (TPSA) is 57.2 Å². The molecule has 2 saturated heterocycles. The van der Waals surface area contributed by atoms with E-state index in [2.05, 4.69) is 27.7 Å². The van der Waals surface area contributed by atoms with E-state index in [4.69, 9.17) is 18.9 Å². The van der Waals surface area contributed by atoms with Crippen LogP contribution < -0.4 is 0 Å². The van der Waals surface area contributed by atoms with Crippen LogP contribution in [-0.4, -0.2) is 48.7 Å². The van der Waals surface area contributed by atoms with Crippen LogP contribution in [0.5, 0.6) is 0 Å². The fourth-order valence-electron chi connectivity index (χ4n) is 6.74. The Kier molecular flexibility index (Phi) is 5.63. The van der Waals surface area contributed by atoms with E-state index in [1.165, 1.54) is 12.8 Å². The quantitative estimate of drug-likeness (QED) is 0.664. The average molecular weight is 397 g/mol. The van der Waals surface area contributed by atoms with Crippen molar-refractivity contribution in [3.63, 3.8) is 0 Å². The van der Waals surface area contributed by atoms with Gasteiger partial charge in [-0.1, -0.05) is 27.7 Å². The molecule has 1 unspecified atom stereocenters. The zero-order chi connectivity index (χ0) is 20.2. The highest BCUT2D eigenvalue weighted by Gasteiger charge is 2.69. The Morgan fingerprint density at radius 1 is 1.14 bits per heavy atom. The Bertz CT molecular complexity index is 557. The van der Waals surface area contributed by atoms with Gasteiger partial charge in [-0.3, -0.25) is 0 Å². The Hall–Kier alpha value is -0.200. The van der Waals surface area contributed by atoms with E-state index in [1.807, 2.05) is 6.92 Å². The van der Waals surface area contributed by atoms with Crippen LogP contribution in [0.15, 0.2) is 0 Å². The number of aliphatic hydroxyl groups is 1. The van der Waals surface area contributed by atoms with Crippen LogP contribution in [0.25, 0.3) is 0 Å². The third-order valence-electron chi connectivity index (χ3n) is 8.86. The molecule has 2 aliphatic carbocycles. The number of hydrogen-bond donors (Lipinski definition) is 1. The van der Waals surface area contributed by atoms with Gasteiger partial charge in [0.15, 0.2) is 12.1 Å². The van der Waals surface area contributed by atoms with Crippen molar-refractivity contribution < 1.29 is 24.1 Å². The van der Waals surface area contributed by atoms with Gasteiger partial charge in [-0.25, -0.2) is 0 Å². The minimum absolute atomic E-state index is 0.162. The van der Waals surface area contributed by atoms with Gasteiger partial charge < -0.3 is 24.1 Å². The second-order valence-corrected chi connectivity index (χ2v) is 10.5. The second-order valence-electron chi connectivity index (χ2n) is 10.5. The molecule has 1 N–H and O–H groups in total. The van der Waals surface area contributed by atoms with Crippen molar-refractivity contribution in [2.24, 2.45) is 22.7 Å². The van der Waals surface area contributed by atoms with Crippen LogP contribution in [0, 0.1) is 22.7 Å². The maximum Gasteiger partial charge on any atom is 0.165 e. The standard InChI is InChI=1S/C23H40O5/c1-6-18(17(24)8-7-10-23(5)25-12-13-26-23)27-19-14-15-16-9-11-22(4,20(15)28-19)21(16,2)3/h15-20,24H,6-14H2,1-5H3/t15-,16+,17?,18-,19-,20-,22-/m0/s1. The lowest BCUT2D eigenvalue weighted by Crippen LogP contribution is -2.39. The first kappa shape index (κ1) is 21.0. The number of ether oxygens (including phenoxy) is 4. The monoisotopic (exact) mass is 396 g/mol. The van der Waals surface area contributed by atoms with E-state index in [1.54, 1.807) is 0 Å². The third kappa shape index (κ3) is 3.35. The van der Waals surface area contributed by atoms with Crippen molar-refractivity contribution in [2.75, 3.05) is 13.2 Å². The van der Waals surface area contributed by atoms with Gasteiger partial charge in [0.05, 0.1) is 31.5 Å². The van der Waals surface area contributed by atoms with Crippen molar-refractivity contribution in [2.45, 2.75) is 110 Å². The van der Waals surface area contributed by atoms with Crippen molar-refractivity contribution in [1.29, 1.82) is 0 Å². The Labute approximate surface area is 170 Å². The smallest absolute Gasteiger partial charge is 0.165 e. The van der Waals surface area contributed by atoms with E-state index in [0.29, 0.717) is 37.1 Å². The predicted octanol–water partition coefficient (Wildman–Crippen LogP) is 4.26. The third-order valence-corrected chi connectivity index (χ3v) is 8.86. The van der Waals surface area contributed by atoms with Gasteiger partial charge in [-0.15, -0.1) is 0 Å². The summed E-state index contributed by atoms with van der Waals surface area (Å²) in [6, 6.07) is 0. The molecule has 162 valence electrons. The molecule has 4 fully saturated rings. The molecular formula is C23H40O5. The lowest BCUT2D eigenvalue weighted by molar-refractivity contribution is -0.204. The first-order valence-corrected chi connectivity index (χ1v) is 11.5. The van der Waals surface area contributed by atoms with Crippen molar-refractivity contribution in [1.82, 2.24) is 0 Å². The molecular weight excluding hydrogens is 356 g/mol. The second kappa shape index (κ2) is 7.49. The summed E-state index contributed by atoms with van der Waals surface area (Å²) < 4.78 is 24.1. The highest BCUT2D eigenvalue weighted by molar-refractivity contribution is 5.16. The molecule has 5 heteroatoms. The van der Waals surface area contributed by atoms with Crippen LogP contribution in [0.1, 0.15) is 79.6 Å². The van der Waals surface area contributed by atoms with E-state index >= 15 is 0 Å². The summed E-state index contributed by atoms with van der Waals surface area (Å²) in [5, 5.41) is 10.7. The van der Waals surface area contributed by atoms with Gasteiger partial charge in [0.2, 0.25) is 0 Å². The molecule has 28 heavy (non-hydrogen) atoms. The fraction of sp³-hybridized carbons (Fsp3) is 1.00. The first-order chi connectivity index (χ1) is 13.2. The Morgan fingerprint density at radius 3 is 2.50 bits per heavy atom. The summed E-state index contributed by atoms with van der Waals surface area (Å²) in [5.41, 5.74) is 0.620. The van der Waals surface area contributed by atoms with Crippen LogP contribution in [-0.2, 0) is 18.9 Å². The summed E-state index contributed by atoms with van der Waals surface area (Å²) in [6.07, 6.45) is 6.26. The van der Waals surface area contributed by atoms with Crippen molar-refractivity contribution >= 4 is 0 Å². The molecule has 0 spiro atoms. The molecule has 0 amide bonds. The van der Waals surface area contributed by atoms with Crippen LogP contribution in [0.3, 0.4) is 0 Å². The molecule has 2 saturated carbocycles. The highest BCUT2D eigenvalue weighted by atomic mass is 16.7. The number of fused-ring (bicyclic) bond motifs is 5. The summed E-state index contributed by atoms with van der Waals surface area (Å²) in [5.74, 6) is 0.883. The van der Waals surface area contributed by atoms with Gasteiger partial charge in [0.1, 0.15) is 0 Å². The van der Waals surface area contributed by atoms with E-state index in [0.717, 1.165) is 31.6 Å². The van der Waals surface area contributed by atoms with Crippen LogP contribution in [0.4, 0.5) is 0 Å². The van der Waals surface area contributed by atoms with Crippen molar-refractivity contribution in [3.8, 4) is 0 Å². The molecule has 2 aliphatic heterocycles. The zero-order valence-electron chi connectivity index (χ0n) is 18.4. The van der Waals surface area contributed by atoms with E-state index in [9.17, 15) is 5.11 Å². The largest absolute Gasteiger partial charge is 0.390 e. The minimum Gasteiger partial charge on any atom is -0.390 e. The number of rotatable bonds is 8. The van der Waals surface area contributed by atoms with Crippen LogP contribution >= 0.6 is 0 Å². The predicted molar refractivity (Wildman–Crippen MR) is 107 cm³/mol. The Morgan fingerprint density at radius 2 is 1.86 bits per heavy atom. The molecule has 4 aliphatic rings. The molecule has 2 bridgehead atoms. The molecule has 4 rings (SSSR count). The summed E-state index contributed by atoms with van der Waals surface area (Å²) >= 11 is 0. The molecule has 2 heterocycles. The average Bonchev–Trinajstić information content (AvgIpc) is 3.34. The number of aliphatic hydroxyl groups excluding tert-OH is 1. The normalized spacial score (nSPS) is 42.6. The van der Waals surface area contributed by atoms with Gasteiger partial charge in [0.25, 0.3) is 0 Å². The van der Waals surface area contributed by atoms with Crippen LogP contribution in [0.2, 0.25) is 0 Å². The maximum atomic E-state index is 10.7. The maximum absolute atomic E-state index is 10.7. The van der Waals surface area contributed by atoms with E-state index < -0.39 is 11.9 Å². The lowest BCUT2D eigenvalue weighted by atomic mass is 9.70. The molecule has 0 aromatic carbocycles. The molecule has 0 aromatic heterocycles.